The van der Waals surface area contributed by atoms with E-state index in [4.69, 9.17) is 30.9 Å². The Morgan fingerprint density at radius 1 is 0.727 bits per heavy atom. The molecule has 5 heterocycles. The van der Waals surface area contributed by atoms with Gasteiger partial charge in [-0.3, -0.25) is 43.9 Å². The van der Waals surface area contributed by atoms with E-state index in [-0.39, 0.29) is 42.7 Å². The summed E-state index contributed by atoms with van der Waals surface area (Å²) in [6.07, 6.45) is 9.81. The molecule has 0 aliphatic carbocycles. The molecule has 0 unspecified atom stereocenters. The van der Waals surface area contributed by atoms with Crippen LogP contribution in [0, 0.1) is 13.8 Å². The number of nitrogens with two attached hydrogens (primary N) is 2. The largest absolute Gasteiger partial charge is 0.494 e. The van der Waals surface area contributed by atoms with Crippen molar-refractivity contribution in [2.45, 2.75) is 66.8 Å². The number of aromatic nitrogens is 11. The van der Waals surface area contributed by atoms with Crippen LogP contribution in [0.25, 0.3) is 22.1 Å². The third-order valence-electron chi connectivity index (χ3n) is 10.5. The molecule has 0 saturated heterocycles. The monoisotopic (exact) mass is 900 g/mol. The van der Waals surface area contributed by atoms with Crippen molar-refractivity contribution in [1.82, 2.24) is 59.0 Å². The zero-order valence-corrected chi connectivity index (χ0v) is 37.5. The summed E-state index contributed by atoms with van der Waals surface area (Å²) in [7, 11) is 3.33. The predicted octanol–water partition coefficient (Wildman–Crippen LogP) is 3.39. The number of aryl methyl sites for hydroxylation is 4. The minimum Gasteiger partial charge on any atom is -0.494 e. The summed E-state index contributed by atoms with van der Waals surface area (Å²) in [6, 6.07) is 9.50. The topological polar surface area (TPSA) is 277 Å². The Hall–Kier alpha value is -8.14. The number of hydrogen-bond donors (Lipinski definition) is 5. The highest BCUT2D eigenvalue weighted by Gasteiger charge is 2.24. The first-order chi connectivity index (χ1) is 31.8. The molecule has 344 valence electrons. The SMILES string of the molecule is CCn1nc(C)cc1C(=O)Nc1nc2cc(C(N)=O)cc(OC)c2n1C/C=C/Cn1c(NC(=O)c2cc(C)nn2CC)nc2cc(C(N)=O)cc(OC/C=C/Cc3cn(CCNC)nn3)c21. The Labute approximate surface area is 378 Å². The van der Waals surface area contributed by atoms with Crippen molar-refractivity contribution in [2.24, 2.45) is 11.5 Å². The molecule has 0 bridgehead atoms. The molecule has 7 rings (SSSR count). The first-order valence-corrected chi connectivity index (χ1v) is 21.2. The molecule has 0 aliphatic rings. The van der Waals surface area contributed by atoms with Gasteiger partial charge in [0.2, 0.25) is 23.7 Å². The molecule has 0 fully saturated rings. The zero-order valence-electron chi connectivity index (χ0n) is 37.5. The summed E-state index contributed by atoms with van der Waals surface area (Å²) in [6.45, 7) is 10.1. The Balaban J connectivity index is 1.24. The number of rotatable bonds is 21. The van der Waals surface area contributed by atoms with Crippen molar-refractivity contribution in [1.29, 1.82) is 0 Å². The fourth-order valence-corrected chi connectivity index (χ4v) is 7.36. The number of nitrogens with zero attached hydrogens (tertiary/aromatic N) is 11. The Kier molecular flexibility index (Phi) is 14.0. The van der Waals surface area contributed by atoms with E-state index in [2.05, 4.69) is 36.5 Å². The number of carbonyl (C=O) groups is 4. The molecule has 0 atom stereocenters. The van der Waals surface area contributed by atoms with Gasteiger partial charge in [0.15, 0.2) is 0 Å². The van der Waals surface area contributed by atoms with Crippen molar-refractivity contribution >= 4 is 57.6 Å². The zero-order chi connectivity index (χ0) is 47.1. The van der Waals surface area contributed by atoms with Gasteiger partial charge in [-0.05, 0) is 71.1 Å². The molecule has 2 aromatic carbocycles. The van der Waals surface area contributed by atoms with E-state index in [9.17, 15) is 19.2 Å². The molecule has 7 aromatic rings. The molecule has 0 spiro atoms. The maximum absolute atomic E-state index is 13.9. The Morgan fingerprint density at radius 3 is 1.76 bits per heavy atom. The molecule has 66 heavy (non-hydrogen) atoms. The van der Waals surface area contributed by atoms with Gasteiger partial charge in [0.1, 0.15) is 40.5 Å². The molecule has 22 heteroatoms. The van der Waals surface area contributed by atoms with Gasteiger partial charge in [-0.2, -0.15) is 10.2 Å². The molecule has 5 aromatic heterocycles. The van der Waals surface area contributed by atoms with Crippen molar-refractivity contribution in [3.8, 4) is 11.5 Å². The third-order valence-corrected chi connectivity index (χ3v) is 10.5. The maximum atomic E-state index is 13.9. The molecule has 0 radical (unpaired) electrons. The van der Waals surface area contributed by atoms with E-state index >= 15 is 0 Å². The maximum Gasteiger partial charge on any atom is 0.276 e. The van der Waals surface area contributed by atoms with E-state index in [1.165, 1.54) is 19.2 Å². The van der Waals surface area contributed by atoms with Gasteiger partial charge in [-0.15, -0.1) is 5.10 Å². The van der Waals surface area contributed by atoms with Gasteiger partial charge in [-0.1, -0.05) is 29.5 Å². The minimum absolute atomic E-state index is 0.114. The average molecular weight is 901 g/mol. The fourth-order valence-electron chi connectivity index (χ4n) is 7.36. The second kappa shape index (κ2) is 20.1. The normalized spacial score (nSPS) is 11.7. The smallest absolute Gasteiger partial charge is 0.276 e. The number of hydrogen-bond acceptors (Lipinski definition) is 13. The molecule has 7 N–H and O–H groups in total. The number of likely N-dealkylation sites (N-methyl/N-ethyl adjacent to an activating group) is 1. The number of nitrogens with one attached hydrogen (secondary N) is 3. The van der Waals surface area contributed by atoms with Crippen LogP contribution >= 0.6 is 0 Å². The number of benzene rings is 2. The molecule has 4 amide bonds. The number of allylic oxidation sites excluding steroid dienone is 3. The van der Waals surface area contributed by atoms with Crippen LogP contribution in [-0.4, -0.2) is 105 Å². The van der Waals surface area contributed by atoms with Gasteiger partial charge in [0.05, 0.1) is 41.8 Å². The molecular weight excluding hydrogens is 849 g/mol. The highest BCUT2D eigenvalue weighted by Crippen LogP contribution is 2.33. The lowest BCUT2D eigenvalue weighted by molar-refractivity contribution is 0.0991. The van der Waals surface area contributed by atoms with Crippen LogP contribution in [0.2, 0.25) is 0 Å². The summed E-state index contributed by atoms with van der Waals surface area (Å²) in [5.41, 5.74) is 16.2. The van der Waals surface area contributed by atoms with E-state index in [1.807, 2.05) is 51.4 Å². The van der Waals surface area contributed by atoms with Crippen molar-refractivity contribution < 1.29 is 28.7 Å². The molecule has 22 nitrogen and oxygen atoms in total. The van der Waals surface area contributed by atoms with Crippen LogP contribution in [0.5, 0.6) is 11.5 Å². The van der Waals surface area contributed by atoms with Gasteiger partial charge in [0, 0.05) is 56.5 Å². The molecular formula is C44H52N16O6. The van der Waals surface area contributed by atoms with Gasteiger partial charge < -0.3 is 35.4 Å². The van der Waals surface area contributed by atoms with Crippen LogP contribution in [0.3, 0.4) is 0 Å². The van der Waals surface area contributed by atoms with E-state index in [0.717, 1.165) is 12.2 Å². The van der Waals surface area contributed by atoms with Crippen LogP contribution in [0.15, 0.2) is 66.9 Å². The lowest BCUT2D eigenvalue weighted by atomic mass is 10.1. The fraction of sp³-hybridized carbons (Fsp3) is 0.318. The first kappa shape index (κ1) is 45.9. The van der Waals surface area contributed by atoms with E-state index in [1.54, 1.807) is 61.3 Å². The predicted molar refractivity (Wildman–Crippen MR) is 246 cm³/mol. The van der Waals surface area contributed by atoms with Gasteiger partial charge in [0.25, 0.3) is 11.8 Å². The standard InChI is InChI=1S/C44H52N16O6/c1-7-59-33(19-26(3)53-59)41(63)50-43-48-31-21-28(39(45)61)23-35(65-6)37(31)57(43)15-10-11-16-58-38-32(49-44(58)51-42(64)34-20-27(4)54-60(34)8-2)22-29(40(46)62)24-36(38)66-18-12-9-13-30-25-56(55-52-30)17-14-47-5/h9-12,19-25,47H,7-8,13-18H2,1-6H3,(H2,45,61)(H2,46,62)(H,48,50,63)(H,49,51,64)/b11-10+,12-9+. The van der Waals surface area contributed by atoms with E-state index in [0.29, 0.717) is 82.4 Å². The number of anilines is 2. The Morgan fingerprint density at radius 2 is 1.26 bits per heavy atom. The molecule has 0 aliphatic heterocycles. The van der Waals surface area contributed by atoms with Crippen LogP contribution < -0.4 is 36.9 Å². The lowest BCUT2D eigenvalue weighted by Crippen LogP contribution is -2.20. The summed E-state index contributed by atoms with van der Waals surface area (Å²) < 4.78 is 20.4. The Bertz CT molecular complexity index is 3000. The van der Waals surface area contributed by atoms with Crippen LogP contribution in [-0.2, 0) is 39.1 Å². The lowest BCUT2D eigenvalue weighted by Gasteiger charge is -2.13. The summed E-state index contributed by atoms with van der Waals surface area (Å²) >= 11 is 0. The minimum atomic E-state index is -0.691. The first-order valence-electron chi connectivity index (χ1n) is 21.2. The summed E-state index contributed by atoms with van der Waals surface area (Å²) in [4.78, 5) is 61.9. The number of amides is 4. The number of ether oxygens (including phenoxy) is 2. The van der Waals surface area contributed by atoms with Gasteiger partial charge in [-0.25, -0.2) is 9.97 Å². The van der Waals surface area contributed by atoms with Crippen molar-refractivity contribution in [2.75, 3.05) is 37.9 Å². The highest BCUT2D eigenvalue weighted by atomic mass is 16.5. The third kappa shape index (κ3) is 9.97. The summed E-state index contributed by atoms with van der Waals surface area (Å²) in [5.74, 6) is -1.32. The van der Waals surface area contributed by atoms with Crippen molar-refractivity contribution in [3.05, 3.63) is 106 Å². The van der Waals surface area contributed by atoms with E-state index < -0.39 is 23.6 Å². The number of imidazole rings is 2. The number of fused-ring (bicyclic) bond motifs is 2. The molecule has 0 saturated carbocycles. The summed E-state index contributed by atoms with van der Waals surface area (Å²) in [5, 5.41) is 26.2. The van der Waals surface area contributed by atoms with Crippen LogP contribution in [0.1, 0.15) is 72.6 Å². The second-order valence-corrected chi connectivity index (χ2v) is 15.1. The number of methoxy groups -OCH3 is 1. The van der Waals surface area contributed by atoms with Crippen molar-refractivity contribution in [3.63, 3.8) is 0 Å². The number of carbonyl (C=O) groups excluding carboxylic acids is 4. The highest BCUT2D eigenvalue weighted by molar-refractivity contribution is 6.05. The van der Waals surface area contributed by atoms with Crippen LogP contribution in [0.4, 0.5) is 11.9 Å². The second-order valence-electron chi connectivity index (χ2n) is 15.1. The van der Waals surface area contributed by atoms with Gasteiger partial charge >= 0.3 is 0 Å². The average Bonchev–Trinajstić information content (AvgIpc) is 4.14. The quantitative estimate of drug-likeness (QED) is 0.0648. The number of primary amides is 2.